The van der Waals surface area contributed by atoms with Crippen LogP contribution in [-0.2, 0) is 16.0 Å². The van der Waals surface area contributed by atoms with Crippen molar-refractivity contribution < 1.29 is 14.7 Å². The number of carbonyl (C=O) groups is 2. The largest absolute Gasteiger partial charge is 0.480 e. The van der Waals surface area contributed by atoms with Gasteiger partial charge in [-0.3, -0.25) is 9.59 Å². The predicted octanol–water partition coefficient (Wildman–Crippen LogP) is 1.52. The second-order valence-corrected chi connectivity index (χ2v) is 4.83. The molecule has 1 atom stereocenters. The Morgan fingerprint density at radius 1 is 1.56 bits per heavy atom. The van der Waals surface area contributed by atoms with Crippen molar-refractivity contribution in [2.24, 2.45) is 5.41 Å². The van der Waals surface area contributed by atoms with Gasteiger partial charge in [-0.2, -0.15) is 0 Å². The van der Waals surface area contributed by atoms with Crippen LogP contribution in [0.25, 0.3) is 0 Å². The summed E-state index contributed by atoms with van der Waals surface area (Å²) >= 11 is 1.57. The number of carboxylic acid groups (broad SMARTS) is 1. The SMILES string of the molecule is CNC(=O)C(C)(CCc1cccs1)C(=O)O. The summed E-state index contributed by atoms with van der Waals surface area (Å²) in [5.41, 5.74) is -1.35. The molecule has 1 heterocycles. The Hall–Kier alpha value is -1.36. The maximum absolute atomic E-state index is 11.5. The molecule has 4 nitrogen and oxygen atoms in total. The fraction of sp³-hybridized carbons (Fsp3) is 0.455. The lowest BCUT2D eigenvalue weighted by molar-refractivity contribution is -0.154. The minimum Gasteiger partial charge on any atom is -0.480 e. The first-order chi connectivity index (χ1) is 7.50. The first kappa shape index (κ1) is 12.7. The molecule has 5 heteroatoms. The van der Waals surface area contributed by atoms with Gasteiger partial charge in [0.15, 0.2) is 0 Å². The van der Waals surface area contributed by atoms with E-state index in [2.05, 4.69) is 5.32 Å². The highest BCUT2D eigenvalue weighted by Gasteiger charge is 2.40. The number of thiophene rings is 1. The molecule has 0 spiro atoms. The van der Waals surface area contributed by atoms with E-state index in [9.17, 15) is 9.59 Å². The molecular formula is C11H15NO3S. The van der Waals surface area contributed by atoms with Gasteiger partial charge in [-0.25, -0.2) is 0 Å². The van der Waals surface area contributed by atoms with E-state index in [1.165, 1.54) is 14.0 Å². The zero-order chi connectivity index (χ0) is 12.2. The van der Waals surface area contributed by atoms with Crippen LogP contribution in [0.15, 0.2) is 17.5 Å². The second kappa shape index (κ2) is 5.12. The number of aliphatic carboxylic acids is 1. The Morgan fingerprint density at radius 2 is 2.25 bits per heavy atom. The Balaban J connectivity index is 2.72. The highest BCUT2D eigenvalue weighted by atomic mass is 32.1. The average molecular weight is 241 g/mol. The summed E-state index contributed by atoms with van der Waals surface area (Å²) in [5.74, 6) is -1.53. The molecule has 0 aliphatic rings. The van der Waals surface area contributed by atoms with Gasteiger partial charge in [0.1, 0.15) is 5.41 Å². The number of nitrogens with one attached hydrogen (secondary N) is 1. The van der Waals surface area contributed by atoms with Gasteiger partial charge in [0.05, 0.1) is 0 Å². The van der Waals surface area contributed by atoms with E-state index < -0.39 is 17.3 Å². The van der Waals surface area contributed by atoms with Crippen LogP contribution >= 0.6 is 11.3 Å². The lowest BCUT2D eigenvalue weighted by Crippen LogP contribution is -2.43. The maximum Gasteiger partial charge on any atom is 0.318 e. The van der Waals surface area contributed by atoms with E-state index in [4.69, 9.17) is 5.11 Å². The Bertz CT molecular complexity index is 375. The lowest BCUT2D eigenvalue weighted by atomic mass is 9.84. The molecule has 0 aromatic carbocycles. The molecule has 1 rings (SSSR count). The highest BCUT2D eigenvalue weighted by Crippen LogP contribution is 2.25. The van der Waals surface area contributed by atoms with Crippen molar-refractivity contribution in [2.45, 2.75) is 19.8 Å². The summed E-state index contributed by atoms with van der Waals surface area (Å²) < 4.78 is 0. The van der Waals surface area contributed by atoms with Gasteiger partial charge in [0.2, 0.25) is 5.91 Å². The Kier molecular flexibility index (Phi) is 4.06. The monoisotopic (exact) mass is 241 g/mol. The molecule has 1 amide bonds. The van der Waals surface area contributed by atoms with E-state index in [0.717, 1.165) is 4.88 Å². The maximum atomic E-state index is 11.5. The fourth-order valence-electron chi connectivity index (χ4n) is 1.42. The van der Waals surface area contributed by atoms with Crippen molar-refractivity contribution in [3.8, 4) is 0 Å². The zero-order valence-electron chi connectivity index (χ0n) is 9.32. The topological polar surface area (TPSA) is 66.4 Å². The molecule has 0 saturated carbocycles. The van der Waals surface area contributed by atoms with Crippen molar-refractivity contribution in [1.82, 2.24) is 5.32 Å². The van der Waals surface area contributed by atoms with Crippen molar-refractivity contribution >= 4 is 23.2 Å². The second-order valence-electron chi connectivity index (χ2n) is 3.80. The number of carboxylic acids is 1. The number of amides is 1. The van der Waals surface area contributed by atoms with Crippen LogP contribution < -0.4 is 5.32 Å². The van der Waals surface area contributed by atoms with E-state index in [0.29, 0.717) is 12.8 Å². The van der Waals surface area contributed by atoms with Crippen molar-refractivity contribution in [3.05, 3.63) is 22.4 Å². The third-order valence-corrected chi connectivity index (χ3v) is 3.59. The molecule has 16 heavy (non-hydrogen) atoms. The number of carbonyl (C=O) groups excluding carboxylic acids is 1. The number of rotatable bonds is 5. The molecule has 0 aliphatic heterocycles. The van der Waals surface area contributed by atoms with Crippen LogP contribution in [0.1, 0.15) is 18.2 Å². The van der Waals surface area contributed by atoms with Gasteiger partial charge < -0.3 is 10.4 Å². The molecule has 0 aliphatic carbocycles. The van der Waals surface area contributed by atoms with Gasteiger partial charge in [-0.15, -0.1) is 11.3 Å². The number of hydrogen-bond acceptors (Lipinski definition) is 3. The molecule has 1 unspecified atom stereocenters. The smallest absolute Gasteiger partial charge is 0.318 e. The minimum absolute atomic E-state index is 0.308. The molecular weight excluding hydrogens is 226 g/mol. The van der Waals surface area contributed by atoms with E-state index in [1.807, 2.05) is 17.5 Å². The average Bonchev–Trinajstić information content (AvgIpc) is 2.77. The van der Waals surface area contributed by atoms with Gasteiger partial charge in [-0.1, -0.05) is 6.07 Å². The van der Waals surface area contributed by atoms with Crippen LogP contribution in [0, 0.1) is 5.41 Å². The summed E-state index contributed by atoms with van der Waals surface area (Å²) in [7, 11) is 1.45. The number of aryl methyl sites for hydroxylation is 1. The van der Waals surface area contributed by atoms with E-state index in [1.54, 1.807) is 11.3 Å². The zero-order valence-corrected chi connectivity index (χ0v) is 10.1. The molecule has 2 N–H and O–H groups in total. The predicted molar refractivity (Wildman–Crippen MR) is 62.4 cm³/mol. The van der Waals surface area contributed by atoms with Gasteiger partial charge in [0, 0.05) is 11.9 Å². The van der Waals surface area contributed by atoms with Crippen molar-refractivity contribution in [1.29, 1.82) is 0 Å². The summed E-state index contributed by atoms with van der Waals surface area (Å²) in [6.07, 6.45) is 0.913. The van der Waals surface area contributed by atoms with Crippen molar-refractivity contribution in [3.63, 3.8) is 0 Å². The van der Waals surface area contributed by atoms with Crippen LogP contribution in [0.5, 0.6) is 0 Å². The third-order valence-electron chi connectivity index (χ3n) is 2.65. The van der Waals surface area contributed by atoms with Gasteiger partial charge >= 0.3 is 5.97 Å². The van der Waals surface area contributed by atoms with Crippen LogP contribution in [0.3, 0.4) is 0 Å². The summed E-state index contributed by atoms with van der Waals surface area (Å²) in [4.78, 5) is 23.8. The molecule has 0 saturated heterocycles. The summed E-state index contributed by atoms with van der Waals surface area (Å²) in [5, 5.41) is 13.4. The molecule has 88 valence electrons. The van der Waals surface area contributed by atoms with Gasteiger partial charge in [0.25, 0.3) is 0 Å². The first-order valence-electron chi connectivity index (χ1n) is 4.98. The molecule has 0 fully saturated rings. The van der Waals surface area contributed by atoms with Crippen LogP contribution in [0.4, 0.5) is 0 Å². The molecule has 0 bridgehead atoms. The normalized spacial score (nSPS) is 14.1. The first-order valence-corrected chi connectivity index (χ1v) is 5.86. The Labute approximate surface area is 98.3 Å². The quantitative estimate of drug-likeness (QED) is 0.768. The summed E-state index contributed by atoms with van der Waals surface area (Å²) in [6, 6.07) is 3.86. The highest BCUT2D eigenvalue weighted by molar-refractivity contribution is 7.09. The Morgan fingerprint density at radius 3 is 2.69 bits per heavy atom. The molecule has 0 radical (unpaired) electrons. The van der Waals surface area contributed by atoms with Crippen LogP contribution in [-0.4, -0.2) is 24.0 Å². The van der Waals surface area contributed by atoms with Crippen molar-refractivity contribution in [2.75, 3.05) is 7.05 Å². The summed E-state index contributed by atoms with van der Waals surface area (Å²) in [6.45, 7) is 1.46. The van der Waals surface area contributed by atoms with Gasteiger partial charge in [-0.05, 0) is 31.2 Å². The van der Waals surface area contributed by atoms with E-state index >= 15 is 0 Å². The lowest BCUT2D eigenvalue weighted by Gasteiger charge is -2.22. The molecule has 1 aromatic heterocycles. The third kappa shape index (κ3) is 2.61. The number of hydrogen-bond donors (Lipinski definition) is 2. The van der Waals surface area contributed by atoms with Crippen LogP contribution in [0.2, 0.25) is 0 Å². The van der Waals surface area contributed by atoms with E-state index in [-0.39, 0.29) is 0 Å². The standard InChI is InChI=1S/C11H15NO3S/c1-11(10(14)15,9(13)12-2)6-5-8-4-3-7-16-8/h3-4,7H,5-6H2,1-2H3,(H,12,13)(H,14,15). The fourth-order valence-corrected chi connectivity index (χ4v) is 2.13. The minimum atomic E-state index is -1.35. The molecule has 1 aromatic rings.